The molecule has 16 heavy (non-hydrogen) atoms. The Bertz CT molecular complexity index is 589. The maximum atomic E-state index is 10.5. The van der Waals surface area contributed by atoms with Crippen LogP contribution in [0.4, 0.5) is 0 Å². The Morgan fingerprint density at radius 3 is 2.81 bits per heavy atom. The number of H-pyrrole nitrogens is 1. The van der Waals surface area contributed by atoms with Crippen LogP contribution >= 0.6 is 0 Å². The third kappa shape index (κ3) is 2.60. The summed E-state index contributed by atoms with van der Waals surface area (Å²) >= 11 is 0. The molecule has 0 saturated heterocycles. The van der Waals surface area contributed by atoms with Gasteiger partial charge in [0.1, 0.15) is 0 Å². The van der Waals surface area contributed by atoms with E-state index in [1.54, 1.807) is 0 Å². The van der Waals surface area contributed by atoms with Gasteiger partial charge in [-0.3, -0.25) is 4.55 Å². The van der Waals surface area contributed by atoms with Crippen molar-refractivity contribution in [3.05, 3.63) is 36.0 Å². The van der Waals surface area contributed by atoms with Crippen molar-refractivity contribution in [1.82, 2.24) is 9.71 Å². The summed E-state index contributed by atoms with van der Waals surface area (Å²) in [4.78, 5) is 3.10. The Morgan fingerprint density at radius 1 is 1.31 bits per heavy atom. The summed E-state index contributed by atoms with van der Waals surface area (Å²) in [5.74, 6) is 0. The summed E-state index contributed by atoms with van der Waals surface area (Å²) in [5.41, 5.74) is 2.04. The zero-order valence-electron chi connectivity index (χ0n) is 8.47. The Kier molecular flexibility index (Phi) is 2.95. The van der Waals surface area contributed by atoms with Gasteiger partial charge in [-0.1, -0.05) is 18.2 Å². The van der Waals surface area contributed by atoms with Crippen molar-refractivity contribution in [3.63, 3.8) is 0 Å². The summed E-state index contributed by atoms with van der Waals surface area (Å²) in [7, 11) is -4.09. The molecule has 86 valence electrons. The van der Waals surface area contributed by atoms with E-state index in [-0.39, 0.29) is 6.54 Å². The molecule has 0 bridgehead atoms. The van der Waals surface area contributed by atoms with Crippen molar-refractivity contribution >= 4 is 21.2 Å². The van der Waals surface area contributed by atoms with Gasteiger partial charge in [0, 0.05) is 23.6 Å². The predicted molar refractivity (Wildman–Crippen MR) is 61.6 cm³/mol. The molecule has 0 saturated carbocycles. The highest BCUT2D eigenvalue weighted by Gasteiger charge is 2.05. The second-order valence-corrected chi connectivity index (χ2v) is 4.72. The fourth-order valence-corrected chi connectivity index (χ4v) is 2.01. The average Bonchev–Trinajstić information content (AvgIpc) is 2.60. The molecule has 0 aliphatic rings. The molecule has 6 heteroatoms. The van der Waals surface area contributed by atoms with Crippen LogP contribution in [0.2, 0.25) is 0 Å². The van der Waals surface area contributed by atoms with E-state index in [0.717, 1.165) is 16.5 Å². The number of para-hydroxylation sites is 1. The monoisotopic (exact) mass is 240 g/mol. The van der Waals surface area contributed by atoms with Crippen molar-refractivity contribution in [2.45, 2.75) is 6.42 Å². The SMILES string of the molecule is O=S(=O)(O)NCCc1c[nH]c2ccccc12. The molecule has 0 fully saturated rings. The van der Waals surface area contributed by atoms with Gasteiger partial charge in [-0.25, -0.2) is 0 Å². The first-order chi connectivity index (χ1) is 7.56. The summed E-state index contributed by atoms with van der Waals surface area (Å²) in [6.45, 7) is 0.181. The van der Waals surface area contributed by atoms with Gasteiger partial charge in [0.15, 0.2) is 0 Å². The van der Waals surface area contributed by atoms with Gasteiger partial charge in [-0.05, 0) is 18.1 Å². The minimum atomic E-state index is -4.09. The Morgan fingerprint density at radius 2 is 2.06 bits per heavy atom. The second-order valence-electron chi connectivity index (χ2n) is 3.48. The molecule has 0 amide bonds. The van der Waals surface area contributed by atoms with Crippen LogP contribution in [0.15, 0.2) is 30.5 Å². The Labute approximate surface area is 93.4 Å². The lowest BCUT2D eigenvalue weighted by atomic mass is 10.1. The van der Waals surface area contributed by atoms with E-state index in [1.165, 1.54) is 0 Å². The molecule has 1 aromatic heterocycles. The smallest absolute Gasteiger partial charge is 0.333 e. The molecule has 3 N–H and O–H groups in total. The van der Waals surface area contributed by atoms with Gasteiger partial charge in [0.2, 0.25) is 0 Å². The molecular formula is C10H12N2O3S. The molecule has 5 nitrogen and oxygen atoms in total. The number of aromatic nitrogens is 1. The molecule has 2 aromatic rings. The second kappa shape index (κ2) is 4.25. The number of hydrogen-bond donors (Lipinski definition) is 3. The fraction of sp³-hybridized carbons (Fsp3) is 0.200. The van der Waals surface area contributed by atoms with Crippen LogP contribution in [0, 0.1) is 0 Å². The number of fused-ring (bicyclic) bond motifs is 1. The van der Waals surface area contributed by atoms with E-state index in [4.69, 9.17) is 4.55 Å². The summed E-state index contributed by atoms with van der Waals surface area (Å²) in [6.07, 6.45) is 2.38. The van der Waals surface area contributed by atoms with Crippen molar-refractivity contribution < 1.29 is 13.0 Å². The van der Waals surface area contributed by atoms with Crippen molar-refractivity contribution in [3.8, 4) is 0 Å². The molecule has 0 aliphatic heterocycles. The molecule has 2 rings (SSSR count). The van der Waals surface area contributed by atoms with E-state index >= 15 is 0 Å². The molecule has 1 heterocycles. The number of hydrogen-bond acceptors (Lipinski definition) is 2. The lowest BCUT2D eigenvalue weighted by Gasteiger charge is -2.00. The number of benzene rings is 1. The topological polar surface area (TPSA) is 82.2 Å². The van der Waals surface area contributed by atoms with E-state index in [0.29, 0.717) is 6.42 Å². The minimum Gasteiger partial charge on any atom is -0.361 e. The molecule has 1 aromatic carbocycles. The van der Waals surface area contributed by atoms with Gasteiger partial charge in [-0.2, -0.15) is 13.1 Å². The van der Waals surface area contributed by atoms with Gasteiger partial charge < -0.3 is 4.98 Å². The van der Waals surface area contributed by atoms with Crippen LogP contribution in [-0.2, 0) is 16.7 Å². The number of nitrogens with one attached hydrogen (secondary N) is 2. The number of aromatic amines is 1. The maximum Gasteiger partial charge on any atom is 0.333 e. The minimum absolute atomic E-state index is 0.181. The molecular weight excluding hydrogens is 228 g/mol. The molecule has 0 spiro atoms. The molecule has 0 unspecified atom stereocenters. The first-order valence-corrected chi connectivity index (χ1v) is 6.27. The highest BCUT2D eigenvalue weighted by Crippen LogP contribution is 2.17. The highest BCUT2D eigenvalue weighted by atomic mass is 32.2. The van der Waals surface area contributed by atoms with E-state index < -0.39 is 10.3 Å². The predicted octanol–water partition coefficient (Wildman–Crippen LogP) is 1.10. The maximum absolute atomic E-state index is 10.5. The van der Waals surface area contributed by atoms with E-state index in [9.17, 15) is 8.42 Å². The van der Waals surface area contributed by atoms with Gasteiger partial charge in [-0.15, -0.1) is 0 Å². The standard InChI is InChI=1S/C10H12N2O3S/c13-16(14,15)12-6-5-8-7-11-10-4-2-1-3-9(8)10/h1-4,7,11-12H,5-6H2,(H,13,14,15). The van der Waals surface area contributed by atoms with Crippen LogP contribution < -0.4 is 4.72 Å². The lowest BCUT2D eigenvalue weighted by Crippen LogP contribution is -2.24. The summed E-state index contributed by atoms with van der Waals surface area (Å²) < 4.78 is 31.5. The zero-order chi connectivity index (χ0) is 11.6. The summed E-state index contributed by atoms with van der Waals surface area (Å²) in [5, 5.41) is 1.07. The summed E-state index contributed by atoms with van der Waals surface area (Å²) in [6, 6.07) is 7.78. The number of rotatable bonds is 4. The van der Waals surface area contributed by atoms with Crippen LogP contribution in [0.5, 0.6) is 0 Å². The highest BCUT2D eigenvalue weighted by molar-refractivity contribution is 7.83. The van der Waals surface area contributed by atoms with Crippen LogP contribution in [0.1, 0.15) is 5.56 Å². The molecule has 0 atom stereocenters. The van der Waals surface area contributed by atoms with Crippen molar-refractivity contribution in [2.75, 3.05) is 6.54 Å². The normalized spacial score (nSPS) is 12.1. The molecule has 0 radical (unpaired) electrons. The fourth-order valence-electron chi connectivity index (χ4n) is 1.65. The third-order valence-electron chi connectivity index (χ3n) is 2.35. The average molecular weight is 240 g/mol. The Hall–Kier alpha value is -1.37. The Balaban J connectivity index is 2.10. The van der Waals surface area contributed by atoms with Crippen LogP contribution in [0.25, 0.3) is 10.9 Å². The van der Waals surface area contributed by atoms with Gasteiger partial charge in [0.25, 0.3) is 0 Å². The van der Waals surface area contributed by atoms with Crippen molar-refractivity contribution in [1.29, 1.82) is 0 Å². The first kappa shape index (κ1) is 11.1. The zero-order valence-corrected chi connectivity index (χ0v) is 9.29. The largest absolute Gasteiger partial charge is 0.361 e. The lowest BCUT2D eigenvalue weighted by molar-refractivity contribution is 0.468. The van der Waals surface area contributed by atoms with Crippen LogP contribution in [0.3, 0.4) is 0 Å². The molecule has 0 aliphatic carbocycles. The van der Waals surface area contributed by atoms with Crippen molar-refractivity contribution in [2.24, 2.45) is 0 Å². The van der Waals surface area contributed by atoms with Gasteiger partial charge >= 0.3 is 10.3 Å². The quantitative estimate of drug-likeness (QED) is 0.700. The third-order valence-corrected chi connectivity index (χ3v) is 2.92. The first-order valence-electron chi connectivity index (χ1n) is 4.83. The van der Waals surface area contributed by atoms with E-state index in [2.05, 4.69) is 4.98 Å². The van der Waals surface area contributed by atoms with E-state index in [1.807, 2.05) is 35.2 Å². The van der Waals surface area contributed by atoms with Crippen LogP contribution in [-0.4, -0.2) is 24.5 Å². The van der Waals surface area contributed by atoms with Gasteiger partial charge in [0.05, 0.1) is 0 Å².